The van der Waals surface area contributed by atoms with Gasteiger partial charge in [0.15, 0.2) is 4.77 Å². The maximum atomic E-state index is 12.7. The molecule has 0 unspecified atom stereocenters. The van der Waals surface area contributed by atoms with Gasteiger partial charge >= 0.3 is 0 Å². The molecule has 2 aromatic carbocycles. The second-order valence-corrected chi connectivity index (χ2v) is 9.20. The number of para-hydroxylation sites is 1. The van der Waals surface area contributed by atoms with Crippen LogP contribution in [0.3, 0.4) is 0 Å². The van der Waals surface area contributed by atoms with Crippen molar-refractivity contribution in [2.45, 2.75) is 59.2 Å². The van der Waals surface area contributed by atoms with Crippen LogP contribution in [-0.2, 0) is 24.4 Å². The van der Waals surface area contributed by atoms with Crippen LogP contribution < -0.4 is 10.9 Å². The quantitative estimate of drug-likeness (QED) is 0.248. The summed E-state index contributed by atoms with van der Waals surface area (Å²) in [4.78, 5) is 28.2. The molecule has 0 aliphatic heterocycles. The zero-order chi connectivity index (χ0) is 24.8. The van der Waals surface area contributed by atoms with E-state index in [4.69, 9.17) is 12.2 Å². The molecule has 2 heterocycles. The van der Waals surface area contributed by atoms with E-state index >= 15 is 0 Å². The molecule has 0 fully saturated rings. The Labute approximate surface area is 209 Å². The lowest BCUT2D eigenvalue weighted by Gasteiger charge is -2.09. The fraction of sp³-hybridized carbons (Fsp3) is 0.333. The maximum absolute atomic E-state index is 12.7. The summed E-state index contributed by atoms with van der Waals surface area (Å²) in [6.45, 7) is 5.76. The number of carbonyl (C=O) groups is 1. The lowest BCUT2D eigenvalue weighted by molar-refractivity contribution is -0.121. The van der Waals surface area contributed by atoms with Gasteiger partial charge in [-0.2, -0.15) is 5.10 Å². The number of hydrogen-bond donors (Lipinski definition) is 2. The lowest BCUT2D eigenvalue weighted by atomic mass is 10.1. The molecule has 2 aromatic heterocycles. The van der Waals surface area contributed by atoms with Crippen molar-refractivity contribution in [2.24, 2.45) is 0 Å². The lowest BCUT2D eigenvalue weighted by Crippen LogP contribution is -2.23. The summed E-state index contributed by atoms with van der Waals surface area (Å²) in [7, 11) is 0. The number of nitrogens with one attached hydrogen (secondary N) is 2. The van der Waals surface area contributed by atoms with E-state index in [-0.39, 0.29) is 11.5 Å². The van der Waals surface area contributed by atoms with Gasteiger partial charge in [-0.15, -0.1) is 0 Å². The van der Waals surface area contributed by atoms with Crippen LogP contribution in [0, 0.1) is 18.6 Å². The number of aromatic amines is 1. The van der Waals surface area contributed by atoms with Crippen molar-refractivity contribution in [1.82, 2.24) is 24.6 Å². The fourth-order valence-electron chi connectivity index (χ4n) is 4.31. The smallest absolute Gasteiger partial charge is 0.262 e. The topological polar surface area (TPSA) is 84.7 Å². The van der Waals surface area contributed by atoms with Crippen molar-refractivity contribution in [3.63, 3.8) is 0 Å². The molecule has 0 saturated heterocycles. The number of aryl methyl sites for hydroxylation is 1. The standard InChI is InChI=1S/C27H31N5O2S/c1-19-23(20(2)32(30-19)18-21-11-5-3-6-12-21)17-28-25(33)15-7-4-10-16-31-26(34)22-13-8-9-14-24(22)29-27(31)35/h3,5-6,8-9,11-14H,4,7,10,15-18H2,1-2H3,(H,28,33)(H,29,35). The van der Waals surface area contributed by atoms with Crippen LogP contribution >= 0.6 is 12.2 Å². The average molecular weight is 490 g/mol. The number of amides is 1. The van der Waals surface area contributed by atoms with E-state index in [0.717, 1.165) is 41.7 Å². The fourth-order valence-corrected chi connectivity index (χ4v) is 4.59. The predicted molar refractivity (Wildman–Crippen MR) is 141 cm³/mol. The van der Waals surface area contributed by atoms with E-state index < -0.39 is 0 Å². The minimum absolute atomic E-state index is 0.0276. The zero-order valence-corrected chi connectivity index (χ0v) is 21.0. The molecule has 0 saturated carbocycles. The Balaban J connectivity index is 1.23. The number of benzene rings is 2. The first-order valence-corrected chi connectivity index (χ1v) is 12.4. The molecule has 4 aromatic rings. The van der Waals surface area contributed by atoms with Gasteiger partial charge in [0.25, 0.3) is 5.56 Å². The Kier molecular flexibility index (Phi) is 7.92. The molecule has 0 aliphatic rings. The first-order chi connectivity index (χ1) is 16.9. The molecule has 0 aliphatic carbocycles. The number of rotatable bonds is 10. The minimum Gasteiger partial charge on any atom is -0.352 e. The van der Waals surface area contributed by atoms with Crippen molar-refractivity contribution in [1.29, 1.82) is 0 Å². The van der Waals surface area contributed by atoms with Crippen molar-refractivity contribution >= 4 is 29.0 Å². The molecule has 7 nitrogen and oxygen atoms in total. The summed E-state index contributed by atoms with van der Waals surface area (Å²) >= 11 is 5.36. The molecule has 1 amide bonds. The van der Waals surface area contributed by atoms with E-state index in [1.165, 1.54) is 5.56 Å². The third-order valence-electron chi connectivity index (χ3n) is 6.34. The minimum atomic E-state index is -0.0688. The SMILES string of the molecule is Cc1nn(Cc2ccccc2)c(C)c1CNC(=O)CCCCCn1c(=S)[nH]c2ccccc2c1=O. The highest BCUT2D eigenvalue weighted by molar-refractivity contribution is 7.71. The molecule has 0 bridgehead atoms. The van der Waals surface area contributed by atoms with Gasteiger partial charge in [-0.25, -0.2) is 0 Å². The Hall–Kier alpha value is -3.52. The van der Waals surface area contributed by atoms with Gasteiger partial charge in [-0.3, -0.25) is 18.8 Å². The molecule has 2 N–H and O–H groups in total. The number of hydrogen-bond acceptors (Lipinski definition) is 4. The van der Waals surface area contributed by atoms with E-state index in [1.54, 1.807) is 10.6 Å². The number of nitrogens with zero attached hydrogens (tertiary/aromatic N) is 3. The van der Waals surface area contributed by atoms with Crippen LogP contribution in [0.1, 0.15) is 48.2 Å². The number of unbranched alkanes of at least 4 members (excludes halogenated alkanes) is 2. The van der Waals surface area contributed by atoms with Crippen molar-refractivity contribution < 1.29 is 4.79 Å². The monoisotopic (exact) mass is 489 g/mol. The van der Waals surface area contributed by atoms with Crippen LogP contribution in [-0.4, -0.2) is 25.2 Å². The van der Waals surface area contributed by atoms with Crippen LogP contribution in [0.15, 0.2) is 59.4 Å². The number of H-pyrrole nitrogens is 1. The largest absolute Gasteiger partial charge is 0.352 e. The van der Waals surface area contributed by atoms with Gasteiger partial charge in [-0.1, -0.05) is 48.9 Å². The van der Waals surface area contributed by atoms with E-state index in [0.29, 0.717) is 36.2 Å². The Bertz CT molecular complexity index is 1440. The van der Waals surface area contributed by atoms with Crippen LogP contribution in [0.4, 0.5) is 0 Å². The summed E-state index contributed by atoms with van der Waals surface area (Å²) in [5.41, 5.74) is 4.96. The molecular weight excluding hydrogens is 458 g/mol. The summed E-state index contributed by atoms with van der Waals surface area (Å²) < 4.78 is 4.03. The maximum Gasteiger partial charge on any atom is 0.262 e. The Morgan fingerprint density at radius 1 is 1.03 bits per heavy atom. The first-order valence-electron chi connectivity index (χ1n) is 12.0. The van der Waals surface area contributed by atoms with Crippen molar-refractivity contribution in [3.8, 4) is 0 Å². The number of carbonyl (C=O) groups excluding carboxylic acids is 1. The van der Waals surface area contributed by atoms with E-state index in [9.17, 15) is 9.59 Å². The Morgan fingerprint density at radius 2 is 1.77 bits per heavy atom. The predicted octanol–water partition coefficient (Wildman–Crippen LogP) is 4.80. The highest BCUT2D eigenvalue weighted by Gasteiger charge is 2.13. The van der Waals surface area contributed by atoms with Gasteiger partial charge < -0.3 is 10.3 Å². The van der Waals surface area contributed by atoms with Gasteiger partial charge in [-0.05, 0) is 56.6 Å². The molecule has 8 heteroatoms. The number of fused-ring (bicyclic) bond motifs is 1. The summed E-state index contributed by atoms with van der Waals surface area (Å²) in [5, 5.41) is 8.33. The van der Waals surface area contributed by atoms with Gasteiger partial charge in [0.2, 0.25) is 5.91 Å². The number of aromatic nitrogens is 4. The first kappa shape index (κ1) is 24.6. The van der Waals surface area contributed by atoms with Gasteiger partial charge in [0, 0.05) is 30.8 Å². The highest BCUT2D eigenvalue weighted by atomic mass is 32.1. The second-order valence-electron chi connectivity index (χ2n) is 8.81. The van der Waals surface area contributed by atoms with E-state index in [1.807, 2.05) is 54.9 Å². The molecule has 182 valence electrons. The van der Waals surface area contributed by atoms with Gasteiger partial charge in [0.1, 0.15) is 0 Å². The normalized spacial score (nSPS) is 11.1. The summed E-state index contributed by atoms with van der Waals surface area (Å²) in [5.74, 6) is 0.0276. The van der Waals surface area contributed by atoms with E-state index in [2.05, 4.69) is 27.5 Å². The van der Waals surface area contributed by atoms with Gasteiger partial charge in [0.05, 0.1) is 23.1 Å². The van der Waals surface area contributed by atoms with Crippen LogP contribution in [0.5, 0.6) is 0 Å². The summed E-state index contributed by atoms with van der Waals surface area (Å²) in [6.07, 6.45) is 2.84. The van der Waals surface area contributed by atoms with Crippen molar-refractivity contribution in [3.05, 3.63) is 92.2 Å². The molecule has 4 rings (SSSR count). The second kappa shape index (κ2) is 11.3. The van der Waals surface area contributed by atoms with Crippen molar-refractivity contribution in [2.75, 3.05) is 0 Å². The molecule has 0 radical (unpaired) electrons. The summed E-state index contributed by atoms with van der Waals surface area (Å²) in [6, 6.07) is 17.6. The molecule has 0 spiro atoms. The zero-order valence-electron chi connectivity index (χ0n) is 20.2. The highest BCUT2D eigenvalue weighted by Crippen LogP contribution is 2.15. The van der Waals surface area contributed by atoms with Crippen LogP contribution in [0.2, 0.25) is 0 Å². The third kappa shape index (κ3) is 5.95. The molecule has 0 atom stereocenters. The Morgan fingerprint density at radius 3 is 2.57 bits per heavy atom. The third-order valence-corrected chi connectivity index (χ3v) is 6.67. The molecular formula is C27H31N5O2S. The average Bonchev–Trinajstić information content (AvgIpc) is 3.11. The molecule has 35 heavy (non-hydrogen) atoms. The van der Waals surface area contributed by atoms with Crippen LogP contribution in [0.25, 0.3) is 10.9 Å².